The van der Waals surface area contributed by atoms with Crippen LogP contribution < -0.4 is 15.5 Å². The molecule has 0 radical (unpaired) electrons. The highest BCUT2D eigenvalue weighted by molar-refractivity contribution is 8.00. The van der Waals surface area contributed by atoms with Gasteiger partial charge in [0.2, 0.25) is 11.1 Å². The molecule has 1 aromatic heterocycles. The number of fused-ring (bicyclic) bond motifs is 1. The second kappa shape index (κ2) is 9.61. The number of hydrogen-bond donors (Lipinski definition) is 2. The van der Waals surface area contributed by atoms with Crippen LogP contribution in [0.1, 0.15) is 28.6 Å². The number of benzene rings is 3. The Morgan fingerprint density at radius 3 is 2.35 bits per heavy atom. The molecule has 3 aromatic carbocycles. The lowest BCUT2D eigenvalue weighted by molar-refractivity contribution is -0.116. The van der Waals surface area contributed by atoms with Crippen molar-refractivity contribution < 1.29 is 9.53 Å². The molecule has 5 rings (SSSR count). The van der Waals surface area contributed by atoms with Crippen LogP contribution in [0.25, 0.3) is 0 Å². The first kappa shape index (κ1) is 22.0. The predicted octanol–water partition coefficient (Wildman–Crippen LogP) is 4.87. The number of amides is 1. The first-order valence-electron chi connectivity index (χ1n) is 11.1. The molecular weight excluding hydrogens is 446 g/mol. The lowest BCUT2D eigenvalue weighted by Crippen LogP contribution is -2.41. The Hall–Kier alpha value is -3.78. The Labute approximate surface area is 202 Å². The van der Waals surface area contributed by atoms with Crippen molar-refractivity contribution >= 4 is 23.4 Å². The number of hydrogen-bond acceptors (Lipinski definition) is 6. The van der Waals surface area contributed by atoms with E-state index in [9.17, 15) is 4.79 Å². The number of ether oxygens (including phenoxy) is 1. The van der Waals surface area contributed by atoms with Crippen molar-refractivity contribution in [2.24, 2.45) is 0 Å². The highest BCUT2D eigenvalue weighted by Gasteiger charge is 2.38. The Morgan fingerprint density at radius 1 is 0.971 bits per heavy atom. The van der Waals surface area contributed by atoms with E-state index in [4.69, 9.17) is 4.74 Å². The Kier molecular flexibility index (Phi) is 6.22. The van der Waals surface area contributed by atoms with Gasteiger partial charge in [0.1, 0.15) is 17.6 Å². The highest BCUT2D eigenvalue weighted by Crippen LogP contribution is 2.37. The van der Waals surface area contributed by atoms with Crippen molar-refractivity contribution in [3.63, 3.8) is 0 Å². The van der Waals surface area contributed by atoms with Gasteiger partial charge in [0.15, 0.2) is 5.82 Å². The molecule has 1 aliphatic heterocycles. The smallest absolute Gasteiger partial charge is 0.240 e. The van der Waals surface area contributed by atoms with Crippen LogP contribution in [0.5, 0.6) is 5.75 Å². The van der Waals surface area contributed by atoms with Gasteiger partial charge in [0.05, 0.1) is 6.04 Å². The SMILES string of the molecule is Cc1ccc(NC(=O)[C@@H]2Sc3nnc(COc4ccccc4)n3N[C@@H]2c2ccc(C)cc2)cc1. The van der Waals surface area contributed by atoms with Crippen LogP contribution in [0.3, 0.4) is 0 Å². The van der Waals surface area contributed by atoms with Crippen LogP contribution >= 0.6 is 11.8 Å². The number of carbonyl (C=O) groups is 1. The van der Waals surface area contributed by atoms with Crippen LogP contribution in [0.4, 0.5) is 5.69 Å². The molecule has 2 heterocycles. The van der Waals surface area contributed by atoms with Crippen molar-refractivity contribution in [2.45, 2.75) is 36.9 Å². The van der Waals surface area contributed by atoms with Gasteiger partial charge in [-0.15, -0.1) is 10.2 Å². The Balaban J connectivity index is 1.41. The monoisotopic (exact) mass is 471 g/mol. The number of nitrogens with zero attached hydrogens (tertiary/aromatic N) is 3. The standard InChI is InChI=1S/C26H25N5O2S/c1-17-8-12-19(13-9-17)23-24(25(32)27-20-14-10-18(2)11-15-20)34-26-29-28-22(31(26)30-23)16-33-21-6-4-3-5-7-21/h3-15,23-24,30H,16H2,1-2H3,(H,27,32)/t23-,24-/m1/s1. The van der Waals surface area contributed by atoms with Gasteiger partial charge in [0.25, 0.3) is 0 Å². The number of aryl methyl sites for hydroxylation is 2. The third-order valence-corrected chi connectivity index (χ3v) is 6.84. The maximum Gasteiger partial charge on any atom is 0.240 e. The maximum atomic E-state index is 13.4. The van der Waals surface area contributed by atoms with Crippen LogP contribution in [-0.4, -0.2) is 26.0 Å². The molecule has 0 fully saturated rings. The van der Waals surface area contributed by atoms with Crippen molar-refractivity contribution in [1.82, 2.24) is 14.9 Å². The third-order valence-electron chi connectivity index (χ3n) is 5.63. The first-order chi connectivity index (χ1) is 16.6. The number of nitrogens with one attached hydrogen (secondary N) is 2. The molecule has 2 atom stereocenters. The third kappa shape index (κ3) is 4.77. The molecule has 2 N–H and O–H groups in total. The van der Waals surface area contributed by atoms with E-state index in [-0.39, 0.29) is 18.6 Å². The minimum atomic E-state index is -0.441. The van der Waals surface area contributed by atoms with E-state index in [1.54, 1.807) is 0 Å². The second-order valence-corrected chi connectivity index (χ2v) is 9.36. The fourth-order valence-electron chi connectivity index (χ4n) is 3.73. The van der Waals surface area contributed by atoms with E-state index in [2.05, 4.69) is 45.2 Å². The fraction of sp³-hybridized carbons (Fsp3) is 0.192. The molecule has 0 saturated heterocycles. The molecule has 8 heteroatoms. The topological polar surface area (TPSA) is 81.1 Å². The van der Waals surface area contributed by atoms with Crippen LogP contribution in [-0.2, 0) is 11.4 Å². The fourth-order valence-corrected chi connectivity index (χ4v) is 4.83. The number of rotatable bonds is 6. The summed E-state index contributed by atoms with van der Waals surface area (Å²) < 4.78 is 7.71. The molecule has 0 saturated carbocycles. The summed E-state index contributed by atoms with van der Waals surface area (Å²) in [4.78, 5) is 13.4. The largest absolute Gasteiger partial charge is 0.486 e. The van der Waals surface area contributed by atoms with E-state index >= 15 is 0 Å². The summed E-state index contributed by atoms with van der Waals surface area (Å²) in [6.45, 7) is 4.32. The quantitative estimate of drug-likeness (QED) is 0.418. The normalized spacial score (nSPS) is 16.9. The lowest BCUT2D eigenvalue weighted by atomic mass is 10.0. The maximum absolute atomic E-state index is 13.4. The number of para-hydroxylation sites is 1. The van der Waals surface area contributed by atoms with E-state index in [0.717, 1.165) is 28.1 Å². The van der Waals surface area contributed by atoms with Gasteiger partial charge in [-0.2, -0.15) is 0 Å². The lowest BCUT2D eigenvalue weighted by Gasteiger charge is -2.33. The minimum Gasteiger partial charge on any atom is -0.486 e. The zero-order valence-electron chi connectivity index (χ0n) is 18.9. The summed E-state index contributed by atoms with van der Waals surface area (Å²) in [5, 5.41) is 11.9. The summed E-state index contributed by atoms with van der Waals surface area (Å²) in [7, 11) is 0. The molecule has 0 spiro atoms. The van der Waals surface area contributed by atoms with Crippen LogP contribution in [0, 0.1) is 13.8 Å². The number of carbonyl (C=O) groups excluding carboxylic acids is 1. The van der Waals surface area contributed by atoms with Crippen molar-refractivity contribution in [2.75, 3.05) is 10.7 Å². The van der Waals surface area contributed by atoms with Crippen molar-refractivity contribution in [3.8, 4) is 5.75 Å². The number of aromatic nitrogens is 3. The minimum absolute atomic E-state index is 0.0942. The predicted molar refractivity (Wildman–Crippen MR) is 134 cm³/mol. The van der Waals surface area contributed by atoms with E-state index < -0.39 is 5.25 Å². The zero-order chi connectivity index (χ0) is 23.5. The van der Waals surface area contributed by atoms with Gasteiger partial charge in [-0.1, -0.05) is 77.5 Å². The van der Waals surface area contributed by atoms with Crippen molar-refractivity contribution in [3.05, 3.63) is 101 Å². The van der Waals surface area contributed by atoms with Gasteiger partial charge in [-0.05, 0) is 43.7 Å². The molecule has 0 aliphatic carbocycles. The molecule has 34 heavy (non-hydrogen) atoms. The van der Waals surface area contributed by atoms with Crippen LogP contribution in [0.2, 0.25) is 0 Å². The summed E-state index contributed by atoms with van der Waals surface area (Å²) in [6.07, 6.45) is 0. The molecule has 0 unspecified atom stereocenters. The van der Waals surface area contributed by atoms with E-state index in [1.165, 1.54) is 11.8 Å². The van der Waals surface area contributed by atoms with Crippen LogP contribution in [0.15, 0.2) is 84.0 Å². The first-order valence-corrected chi connectivity index (χ1v) is 11.9. The van der Waals surface area contributed by atoms with Crippen molar-refractivity contribution in [1.29, 1.82) is 0 Å². The van der Waals surface area contributed by atoms with Gasteiger partial charge in [-0.3, -0.25) is 4.79 Å². The molecule has 1 amide bonds. The van der Waals surface area contributed by atoms with Gasteiger partial charge in [0, 0.05) is 5.69 Å². The summed E-state index contributed by atoms with van der Waals surface area (Å²) >= 11 is 1.40. The van der Waals surface area contributed by atoms with Gasteiger partial charge in [-0.25, -0.2) is 4.68 Å². The highest BCUT2D eigenvalue weighted by atomic mass is 32.2. The Morgan fingerprint density at radius 2 is 1.65 bits per heavy atom. The summed E-state index contributed by atoms with van der Waals surface area (Å²) in [6, 6.07) is 25.3. The summed E-state index contributed by atoms with van der Waals surface area (Å²) in [5.41, 5.74) is 7.55. The average molecular weight is 472 g/mol. The Bertz CT molecular complexity index is 1270. The van der Waals surface area contributed by atoms with Gasteiger partial charge >= 0.3 is 0 Å². The van der Waals surface area contributed by atoms with E-state index in [1.807, 2.05) is 73.1 Å². The molecule has 0 bridgehead atoms. The van der Waals surface area contributed by atoms with Gasteiger partial charge < -0.3 is 15.5 Å². The number of anilines is 1. The molecule has 4 aromatic rings. The second-order valence-electron chi connectivity index (χ2n) is 8.25. The average Bonchev–Trinajstić information content (AvgIpc) is 3.26. The number of thioether (sulfide) groups is 1. The molecule has 7 nitrogen and oxygen atoms in total. The summed E-state index contributed by atoms with van der Waals surface area (Å²) in [5.74, 6) is 1.30. The van der Waals surface area contributed by atoms with E-state index in [0.29, 0.717) is 11.0 Å². The molecular formula is C26H25N5O2S. The molecule has 172 valence electrons. The molecule has 1 aliphatic rings. The zero-order valence-corrected chi connectivity index (χ0v) is 19.8.